The van der Waals surface area contributed by atoms with Crippen LogP contribution >= 0.6 is 0 Å². The number of nitrogens with zero attached hydrogens (tertiary/aromatic N) is 2. The summed E-state index contributed by atoms with van der Waals surface area (Å²) in [5.41, 5.74) is -0.867. The fourth-order valence-electron chi connectivity index (χ4n) is 2.25. The molecule has 1 fully saturated rings. The average Bonchev–Trinajstić information content (AvgIpc) is 2.53. The highest BCUT2D eigenvalue weighted by Gasteiger charge is 2.30. The third kappa shape index (κ3) is 3.86. The topological polar surface area (TPSA) is 144 Å². The van der Waals surface area contributed by atoms with Crippen LogP contribution in [0.4, 0.5) is 5.69 Å². The number of benzene rings is 1. The summed E-state index contributed by atoms with van der Waals surface area (Å²) in [6, 6.07) is 2.89. The molecule has 11 heteroatoms. The van der Waals surface area contributed by atoms with Gasteiger partial charge in [0.25, 0.3) is 11.6 Å². The minimum Gasteiger partial charge on any atom is -0.480 e. The molecule has 0 aromatic heterocycles. The van der Waals surface area contributed by atoms with E-state index in [1.807, 2.05) is 0 Å². The Labute approximate surface area is 136 Å². The number of carboxylic acid groups (broad SMARTS) is 1. The Bertz CT molecular complexity index is 783. The summed E-state index contributed by atoms with van der Waals surface area (Å²) < 4.78 is 29.0. The summed E-state index contributed by atoms with van der Waals surface area (Å²) in [6.07, 6.45) is 0. The van der Waals surface area contributed by atoms with Gasteiger partial charge in [-0.05, 0) is 12.1 Å². The number of sulfone groups is 1. The summed E-state index contributed by atoms with van der Waals surface area (Å²) in [5.74, 6) is -3.38. The molecule has 0 spiro atoms. The van der Waals surface area contributed by atoms with E-state index in [0.717, 1.165) is 18.2 Å². The van der Waals surface area contributed by atoms with E-state index < -0.39 is 43.0 Å². The number of carbonyl (C=O) groups excluding carboxylic acids is 1. The Morgan fingerprint density at radius 1 is 1.29 bits per heavy atom. The molecule has 0 atom stereocenters. The van der Waals surface area contributed by atoms with Gasteiger partial charge >= 0.3 is 5.97 Å². The summed E-state index contributed by atoms with van der Waals surface area (Å²) in [5, 5.41) is 19.8. The van der Waals surface area contributed by atoms with Crippen molar-refractivity contribution in [1.29, 1.82) is 0 Å². The van der Waals surface area contributed by atoms with E-state index in [4.69, 9.17) is 9.84 Å². The summed E-state index contributed by atoms with van der Waals surface area (Å²) in [6.45, 7) is 1.34. The highest BCUT2D eigenvalue weighted by molar-refractivity contribution is 7.92. The normalized spacial score (nSPS) is 15.1. The van der Waals surface area contributed by atoms with Gasteiger partial charge in [-0.2, -0.15) is 0 Å². The number of amides is 1. The van der Waals surface area contributed by atoms with Gasteiger partial charge in [-0.1, -0.05) is 0 Å². The lowest BCUT2D eigenvalue weighted by Gasteiger charge is -2.26. The smallest absolute Gasteiger partial charge is 0.319 e. The predicted octanol–water partition coefficient (Wildman–Crippen LogP) is -0.0745. The molecule has 1 aliphatic heterocycles. The molecular weight excluding hydrogens is 344 g/mol. The van der Waals surface area contributed by atoms with Crippen molar-refractivity contribution in [2.24, 2.45) is 0 Å². The summed E-state index contributed by atoms with van der Waals surface area (Å²) in [4.78, 5) is 33.9. The molecule has 0 radical (unpaired) electrons. The van der Waals surface area contributed by atoms with Crippen molar-refractivity contribution in [1.82, 2.24) is 4.90 Å². The van der Waals surface area contributed by atoms with E-state index in [2.05, 4.69) is 0 Å². The highest BCUT2D eigenvalue weighted by Crippen LogP contribution is 2.26. The second kappa shape index (κ2) is 6.93. The van der Waals surface area contributed by atoms with Crippen molar-refractivity contribution >= 4 is 27.4 Å². The third-order valence-corrected chi connectivity index (χ3v) is 4.99. The Hall–Kier alpha value is -2.53. The quantitative estimate of drug-likeness (QED) is 0.568. The Kier molecular flexibility index (Phi) is 5.14. The molecule has 130 valence electrons. The molecular formula is C13H14N2O8S. The molecule has 0 aliphatic carbocycles. The summed E-state index contributed by atoms with van der Waals surface area (Å²) >= 11 is 0. The van der Waals surface area contributed by atoms with E-state index in [1.165, 1.54) is 4.90 Å². The number of ether oxygens (including phenoxy) is 1. The number of nitro benzene ring substituents is 1. The maximum absolute atomic E-state index is 12.3. The molecule has 1 heterocycles. The maximum atomic E-state index is 12.3. The molecule has 0 unspecified atom stereocenters. The number of morpholine rings is 1. The SMILES string of the molecule is O=C(O)CS(=O)(=O)c1ccc(C(=O)N2CCOCC2)cc1[N+](=O)[O-]. The number of carbonyl (C=O) groups is 2. The van der Waals surface area contributed by atoms with E-state index >= 15 is 0 Å². The molecule has 24 heavy (non-hydrogen) atoms. The van der Waals surface area contributed by atoms with E-state index in [9.17, 15) is 28.1 Å². The van der Waals surface area contributed by atoms with Gasteiger partial charge < -0.3 is 14.7 Å². The molecule has 2 rings (SSSR count). The highest BCUT2D eigenvalue weighted by atomic mass is 32.2. The van der Waals surface area contributed by atoms with Crippen molar-refractivity contribution in [3.8, 4) is 0 Å². The maximum Gasteiger partial charge on any atom is 0.319 e. The van der Waals surface area contributed by atoms with Crippen molar-refractivity contribution in [2.75, 3.05) is 32.1 Å². The van der Waals surface area contributed by atoms with Crippen molar-refractivity contribution < 1.29 is 32.8 Å². The second-order valence-corrected chi connectivity index (χ2v) is 6.96. The van der Waals surface area contributed by atoms with Crippen LogP contribution in [0.1, 0.15) is 10.4 Å². The molecule has 1 N–H and O–H groups in total. The first-order valence-corrected chi connectivity index (χ1v) is 8.47. The molecule has 1 aromatic rings. The lowest BCUT2D eigenvalue weighted by molar-refractivity contribution is -0.387. The molecule has 1 aromatic carbocycles. The fraction of sp³-hybridized carbons (Fsp3) is 0.385. The monoisotopic (exact) mass is 358 g/mol. The molecule has 10 nitrogen and oxygen atoms in total. The van der Waals surface area contributed by atoms with Crippen molar-refractivity contribution in [2.45, 2.75) is 4.90 Å². The van der Waals surface area contributed by atoms with Gasteiger partial charge in [0, 0.05) is 24.7 Å². The van der Waals surface area contributed by atoms with Crippen LogP contribution in [0.5, 0.6) is 0 Å². The minimum absolute atomic E-state index is 0.0436. The zero-order chi connectivity index (χ0) is 17.9. The fourth-order valence-corrected chi connectivity index (χ4v) is 3.45. The van der Waals surface area contributed by atoms with Gasteiger partial charge in [-0.3, -0.25) is 19.7 Å². The van der Waals surface area contributed by atoms with Gasteiger partial charge in [-0.25, -0.2) is 8.42 Å². The number of hydrogen-bond acceptors (Lipinski definition) is 7. The van der Waals surface area contributed by atoms with Crippen LogP contribution in [0.3, 0.4) is 0 Å². The Balaban J connectivity index is 2.41. The molecule has 1 amide bonds. The van der Waals surface area contributed by atoms with E-state index in [1.54, 1.807) is 0 Å². The zero-order valence-electron chi connectivity index (χ0n) is 12.4. The summed E-state index contributed by atoms with van der Waals surface area (Å²) in [7, 11) is -4.39. The number of hydrogen-bond donors (Lipinski definition) is 1. The van der Waals surface area contributed by atoms with Crippen LogP contribution in [0.25, 0.3) is 0 Å². The standard InChI is InChI=1S/C13H14N2O8S/c16-12(17)8-24(21,22)11-2-1-9(7-10(11)15(19)20)13(18)14-3-5-23-6-4-14/h1-2,7H,3-6,8H2,(H,16,17). The lowest BCUT2D eigenvalue weighted by atomic mass is 10.1. The minimum atomic E-state index is -4.39. The van der Waals surface area contributed by atoms with Crippen LogP contribution in [-0.4, -0.2) is 67.3 Å². The first-order valence-electron chi connectivity index (χ1n) is 6.82. The second-order valence-electron chi connectivity index (χ2n) is 5.00. The molecule has 0 bridgehead atoms. The molecule has 1 saturated heterocycles. The van der Waals surface area contributed by atoms with Gasteiger partial charge in [0.1, 0.15) is 4.90 Å². The lowest BCUT2D eigenvalue weighted by Crippen LogP contribution is -2.40. The van der Waals surface area contributed by atoms with Gasteiger partial charge in [0.05, 0.1) is 18.1 Å². The van der Waals surface area contributed by atoms with Crippen molar-refractivity contribution in [3.63, 3.8) is 0 Å². The largest absolute Gasteiger partial charge is 0.480 e. The third-order valence-electron chi connectivity index (χ3n) is 3.35. The first kappa shape index (κ1) is 17.8. The average molecular weight is 358 g/mol. The molecule has 0 saturated carbocycles. The van der Waals surface area contributed by atoms with Gasteiger partial charge in [0.15, 0.2) is 15.6 Å². The van der Waals surface area contributed by atoms with Crippen LogP contribution in [0, 0.1) is 10.1 Å². The van der Waals surface area contributed by atoms with E-state index in [-0.39, 0.29) is 5.56 Å². The Morgan fingerprint density at radius 2 is 1.92 bits per heavy atom. The Morgan fingerprint density at radius 3 is 2.46 bits per heavy atom. The number of nitro groups is 1. The number of rotatable bonds is 5. The predicted molar refractivity (Wildman–Crippen MR) is 79.5 cm³/mol. The van der Waals surface area contributed by atoms with Gasteiger partial charge in [-0.15, -0.1) is 0 Å². The van der Waals surface area contributed by atoms with Crippen LogP contribution in [0.15, 0.2) is 23.1 Å². The van der Waals surface area contributed by atoms with Crippen molar-refractivity contribution in [3.05, 3.63) is 33.9 Å². The van der Waals surface area contributed by atoms with E-state index in [0.29, 0.717) is 26.3 Å². The van der Waals surface area contributed by atoms with Crippen LogP contribution in [-0.2, 0) is 19.4 Å². The van der Waals surface area contributed by atoms with Crippen LogP contribution < -0.4 is 0 Å². The molecule has 1 aliphatic rings. The first-order chi connectivity index (χ1) is 11.2. The number of carboxylic acids is 1. The van der Waals surface area contributed by atoms with Crippen LogP contribution in [0.2, 0.25) is 0 Å². The zero-order valence-corrected chi connectivity index (χ0v) is 13.2. The van der Waals surface area contributed by atoms with Gasteiger partial charge in [0.2, 0.25) is 0 Å². The number of aliphatic carboxylic acids is 1.